The molecule has 0 unspecified atom stereocenters. The Kier molecular flexibility index (Phi) is 9.05. The number of carbonyl (C=O) groups excluding carboxylic acids is 2. The molecule has 0 spiro atoms. The smallest absolute Gasteiger partial charge is 0.407 e. The van der Waals surface area contributed by atoms with Gasteiger partial charge in [-0.3, -0.25) is 4.79 Å². The lowest BCUT2D eigenvalue weighted by atomic mass is 9.69. The molecule has 2 amide bonds. The molecule has 3 aromatic rings. The Morgan fingerprint density at radius 1 is 1.11 bits per heavy atom. The maximum Gasteiger partial charge on any atom is 0.407 e. The predicted molar refractivity (Wildman–Crippen MR) is 175 cm³/mol. The number of ether oxygens (including phenoxy) is 2. The van der Waals surface area contributed by atoms with Crippen LogP contribution < -0.4 is 14.8 Å². The third kappa shape index (κ3) is 7.43. The van der Waals surface area contributed by atoms with Crippen LogP contribution in [0.4, 0.5) is 10.7 Å². The van der Waals surface area contributed by atoms with Crippen molar-refractivity contribution in [3.8, 4) is 17.1 Å². The van der Waals surface area contributed by atoms with Crippen molar-refractivity contribution in [2.24, 2.45) is 11.3 Å². The lowest BCUT2D eigenvalue weighted by Gasteiger charge is -2.48. The van der Waals surface area contributed by atoms with Crippen LogP contribution in [-0.4, -0.2) is 67.1 Å². The van der Waals surface area contributed by atoms with Gasteiger partial charge in [0.15, 0.2) is 0 Å². The van der Waals surface area contributed by atoms with Crippen LogP contribution in [0.3, 0.4) is 0 Å². The molecule has 2 N–H and O–H groups in total. The van der Waals surface area contributed by atoms with E-state index >= 15 is 0 Å². The maximum atomic E-state index is 14.3. The summed E-state index contributed by atoms with van der Waals surface area (Å²) in [6.45, 7) is 12.8. The molecule has 4 bridgehead atoms. The number of aromatic nitrogens is 2. The summed E-state index contributed by atoms with van der Waals surface area (Å²) in [7, 11) is -2.83. The van der Waals surface area contributed by atoms with Gasteiger partial charge in [0.1, 0.15) is 6.61 Å². The zero-order valence-electron chi connectivity index (χ0n) is 27.5. The van der Waals surface area contributed by atoms with Gasteiger partial charge in [-0.15, -0.1) is 0 Å². The molecule has 1 aliphatic heterocycles. The number of hydrogen-bond acceptors (Lipinski definition) is 8. The molecule has 5 rings (SSSR count). The van der Waals surface area contributed by atoms with Gasteiger partial charge >= 0.3 is 6.09 Å². The second-order valence-corrected chi connectivity index (χ2v) is 15.6. The van der Waals surface area contributed by atoms with Crippen molar-refractivity contribution in [3.63, 3.8) is 0 Å². The fraction of sp³-hybridized carbons (Fsp3) is 0.471. The molecule has 2 aromatic carbocycles. The Bertz CT molecular complexity index is 1730. The number of benzene rings is 2. The Hall–Kier alpha value is -4.19. The number of rotatable bonds is 5. The van der Waals surface area contributed by atoms with Gasteiger partial charge in [-0.25, -0.2) is 22.9 Å². The van der Waals surface area contributed by atoms with Crippen molar-refractivity contribution in [1.82, 2.24) is 20.2 Å². The fourth-order valence-corrected chi connectivity index (χ4v) is 7.59. The van der Waals surface area contributed by atoms with E-state index in [1.807, 2.05) is 39.0 Å². The lowest BCUT2D eigenvalue weighted by molar-refractivity contribution is 0.0286. The first-order chi connectivity index (χ1) is 21.6. The Morgan fingerprint density at radius 2 is 1.78 bits per heavy atom. The van der Waals surface area contributed by atoms with E-state index < -0.39 is 21.7 Å². The van der Waals surface area contributed by atoms with E-state index in [-0.39, 0.29) is 52.2 Å². The molecule has 1 aliphatic carbocycles. The quantitative estimate of drug-likeness (QED) is 0.358. The first kappa shape index (κ1) is 33.2. The molecule has 46 heavy (non-hydrogen) atoms. The second kappa shape index (κ2) is 12.5. The van der Waals surface area contributed by atoms with E-state index in [4.69, 9.17) is 9.47 Å². The van der Waals surface area contributed by atoms with Crippen LogP contribution >= 0.6 is 0 Å². The highest BCUT2D eigenvalue weighted by Gasteiger charge is 2.44. The van der Waals surface area contributed by atoms with Crippen molar-refractivity contribution in [2.75, 3.05) is 25.0 Å². The Labute approximate surface area is 271 Å². The van der Waals surface area contributed by atoms with Gasteiger partial charge in [-0.05, 0) is 80.7 Å². The van der Waals surface area contributed by atoms with Crippen LogP contribution in [0.25, 0.3) is 11.3 Å². The predicted octanol–water partition coefficient (Wildman–Crippen LogP) is 5.73. The zero-order valence-corrected chi connectivity index (χ0v) is 28.3. The van der Waals surface area contributed by atoms with Crippen LogP contribution in [-0.2, 0) is 14.8 Å². The zero-order chi connectivity index (χ0) is 33.4. The Balaban J connectivity index is 1.58. The van der Waals surface area contributed by atoms with E-state index in [1.165, 1.54) is 19.2 Å². The summed E-state index contributed by atoms with van der Waals surface area (Å²) in [5, 5.41) is 2.90. The molecule has 2 aliphatic rings. The fourth-order valence-electron chi connectivity index (χ4n) is 6.60. The van der Waals surface area contributed by atoms with E-state index in [1.54, 1.807) is 23.1 Å². The van der Waals surface area contributed by atoms with Crippen LogP contribution in [0.2, 0.25) is 0 Å². The summed E-state index contributed by atoms with van der Waals surface area (Å²) >= 11 is 0. The van der Waals surface area contributed by atoms with E-state index in [2.05, 4.69) is 40.8 Å². The molecular weight excluding hydrogens is 606 g/mol. The molecule has 1 fully saturated rings. The SMILES string of the molecule is COC(=O)NC1(C)CC(CN2C(=O)c3cccc(c3)S(=O)(=O)Nc3nc(cc(-c4c(C)cccc4C)n3)OC[C@H]2CC(C)(C)C)C1. The summed E-state index contributed by atoms with van der Waals surface area (Å²) in [4.78, 5) is 37.0. The number of alkyl carbamates (subject to hydrolysis) is 1. The van der Waals surface area contributed by atoms with Crippen LogP contribution in [0.5, 0.6) is 5.88 Å². The number of carbonyl (C=O) groups is 2. The molecule has 0 radical (unpaired) electrons. The average Bonchev–Trinajstić information content (AvgIpc) is 2.95. The number of methoxy groups -OCH3 is 1. The van der Waals surface area contributed by atoms with Gasteiger partial charge in [-0.1, -0.05) is 45.0 Å². The highest BCUT2D eigenvalue weighted by Crippen LogP contribution is 2.39. The standard InChI is InChI=1S/C34H43N5O6S/c1-21-10-8-11-22(2)29(21)27-15-28-36-31(35-27)38-46(42,43)26-13-9-12-24(14-26)30(40)39(25(20-45-28)18-33(3,4)5)19-23-16-34(6,17-23)37-32(41)44-7/h8-15,23,25H,16-20H2,1-7H3,(H,37,41)(H,35,36,38)/t23?,25-,34?/m1/s1. The van der Waals surface area contributed by atoms with Gasteiger partial charge in [0.05, 0.1) is 23.7 Å². The third-order valence-electron chi connectivity index (χ3n) is 8.55. The molecular formula is C34H43N5O6S. The highest BCUT2D eigenvalue weighted by molar-refractivity contribution is 7.92. The van der Waals surface area contributed by atoms with E-state index in [0.717, 1.165) is 16.7 Å². The number of aryl methyl sites for hydroxylation is 2. The number of fused-ring (bicyclic) bond motifs is 4. The number of anilines is 1. The highest BCUT2D eigenvalue weighted by atomic mass is 32.2. The topological polar surface area (TPSA) is 140 Å². The van der Waals surface area contributed by atoms with Crippen molar-refractivity contribution >= 4 is 28.0 Å². The summed E-state index contributed by atoms with van der Waals surface area (Å²) in [6.07, 6.45) is 1.43. The van der Waals surface area contributed by atoms with Gasteiger partial charge in [0.2, 0.25) is 11.8 Å². The molecule has 11 nitrogen and oxygen atoms in total. The molecule has 1 atom stereocenters. The van der Waals surface area contributed by atoms with Crippen molar-refractivity contribution in [1.29, 1.82) is 0 Å². The van der Waals surface area contributed by atoms with Crippen LogP contribution in [0.1, 0.15) is 68.4 Å². The molecule has 1 aromatic heterocycles. The maximum absolute atomic E-state index is 14.3. The summed E-state index contributed by atoms with van der Waals surface area (Å²) in [5.41, 5.74) is 2.96. The largest absolute Gasteiger partial charge is 0.475 e. The molecule has 246 valence electrons. The minimum atomic E-state index is -4.16. The van der Waals surface area contributed by atoms with Crippen molar-refractivity contribution < 1.29 is 27.5 Å². The van der Waals surface area contributed by atoms with Crippen LogP contribution in [0, 0.1) is 25.2 Å². The number of hydrogen-bond donors (Lipinski definition) is 2. The summed E-state index contributed by atoms with van der Waals surface area (Å²) in [6, 6.07) is 13.3. The summed E-state index contributed by atoms with van der Waals surface area (Å²) in [5.74, 6) is -0.125. The van der Waals surface area contributed by atoms with Gasteiger partial charge in [-0.2, -0.15) is 4.98 Å². The monoisotopic (exact) mass is 649 g/mol. The van der Waals surface area contributed by atoms with Crippen molar-refractivity contribution in [3.05, 3.63) is 65.2 Å². The van der Waals surface area contributed by atoms with Gasteiger partial charge in [0.25, 0.3) is 15.9 Å². The Morgan fingerprint density at radius 3 is 2.43 bits per heavy atom. The van der Waals surface area contributed by atoms with E-state index in [0.29, 0.717) is 31.5 Å². The van der Waals surface area contributed by atoms with E-state index in [9.17, 15) is 18.0 Å². The minimum absolute atomic E-state index is 0.0769. The number of nitrogens with one attached hydrogen (secondary N) is 2. The normalized spacial score (nSPS) is 22.6. The van der Waals surface area contributed by atoms with Crippen molar-refractivity contribution in [2.45, 2.75) is 77.3 Å². The van der Waals surface area contributed by atoms with Gasteiger partial charge in [0, 0.05) is 29.3 Å². The van der Waals surface area contributed by atoms with Gasteiger partial charge < -0.3 is 19.7 Å². The third-order valence-corrected chi connectivity index (χ3v) is 9.88. The number of sulfonamides is 1. The number of nitrogens with zero attached hydrogens (tertiary/aromatic N) is 3. The molecule has 1 saturated carbocycles. The average molecular weight is 650 g/mol. The van der Waals surface area contributed by atoms with Crippen LogP contribution in [0.15, 0.2) is 53.4 Å². The first-order valence-corrected chi connectivity index (χ1v) is 16.9. The first-order valence-electron chi connectivity index (χ1n) is 15.4. The lowest BCUT2D eigenvalue weighted by Crippen LogP contribution is -2.58. The second-order valence-electron chi connectivity index (χ2n) is 14.0. The molecule has 12 heteroatoms. The minimum Gasteiger partial charge on any atom is -0.475 e. The molecule has 2 heterocycles. The molecule has 0 saturated heterocycles. The number of amides is 2. The summed E-state index contributed by atoms with van der Waals surface area (Å²) < 4.78 is 40.9.